The number of benzene rings is 1. The lowest BCUT2D eigenvalue weighted by Crippen LogP contribution is -2.34. The number of aromatic amines is 1. The van der Waals surface area contributed by atoms with Gasteiger partial charge in [-0.2, -0.15) is 0 Å². The Hall–Kier alpha value is -3.99. The second-order valence-electron chi connectivity index (χ2n) is 13.0. The molecule has 2 aromatic rings. The van der Waals surface area contributed by atoms with Crippen molar-refractivity contribution in [3.8, 4) is 11.1 Å². The van der Waals surface area contributed by atoms with Gasteiger partial charge in [0.2, 0.25) is 0 Å². The molecule has 1 aliphatic rings. The maximum absolute atomic E-state index is 13.2. The van der Waals surface area contributed by atoms with Crippen LogP contribution in [0.4, 0.5) is 5.69 Å². The van der Waals surface area contributed by atoms with Crippen LogP contribution in [0.15, 0.2) is 41.2 Å². The number of H-pyrrole nitrogens is 1. The highest BCUT2D eigenvalue weighted by atomic mass is 16.7. The van der Waals surface area contributed by atoms with Gasteiger partial charge in [0.1, 0.15) is 5.84 Å². The highest BCUT2D eigenvalue weighted by molar-refractivity contribution is 6.05. The third-order valence-electron chi connectivity index (χ3n) is 8.22. The van der Waals surface area contributed by atoms with Crippen molar-refractivity contribution in [1.82, 2.24) is 15.4 Å². The molecule has 2 amide bonds. The Morgan fingerprint density at radius 2 is 1.25 bits per heavy atom. The molecule has 60 heavy (non-hydrogen) atoms. The summed E-state index contributed by atoms with van der Waals surface area (Å²) in [6.07, 6.45) is 6.08. The van der Waals surface area contributed by atoms with Gasteiger partial charge in [-0.05, 0) is 36.0 Å². The lowest BCUT2D eigenvalue weighted by molar-refractivity contribution is -0.386. The highest BCUT2D eigenvalue weighted by Gasteiger charge is 2.23. The molecule has 1 aromatic carbocycles. The number of nitrogens with one attached hydrogen (secondary N) is 2. The zero-order valence-electron chi connectivity index (χ0n) is 35.3. The number of hydrogen-bond acceptors (Lipinski definition) is 16. The number of ether oxygens (including phenoxy) is 9. The summed E-state index contributed by atoms with van der Waals surface area (Å²) in [5.41, 5.74) is 15.0. The van der Waals surface area contributed by atoms with Crippen LogP contribution in [0.5, 0.6) is 0 Å². The van der Waals surface area contributed by atoms with Gasteiger partial charge in [0.05, 0.1) is 143 Å². The fourth-order valence-electron chi connectivity index (χ4n) is 5.35. The minimum atomic E-state index is -0.358. The van der Waals surface area contributed by atoms with Gasteiger partial charge in [-0.15, -0.1) is 0 Å². The summed E-state index contributed by atoms with van der Waals surface area (Å²) in [6, 6.07) is 5.65. The Kier molecular flexibility index (Phi) is 27.5. The Morgan fingerprint density at radius 3 is 1.72 bits per heavy atom. The molecule has 0 radical (unpaired) electrons. The third kappa shape index (κ3) is 21.5. The maximum atomic E-state index is 13.2. The van der Waals surface area contributed by atoms with Crippen molar-refractivity contribution in [1.29, 1.82) is 0 Å². The molecule has 0 aliphatic carbocycles. The molecule has 0 spiro atoms. The zero-order valence-corrected chi connectivity index (χ0v) is 35.3. The fourth-order valence-corrected chi connectivity index (χ4v) is 5.35. The number of amides is 2. The molecule has 3 rings (SSSR count). The molecule has 2 heterocycles. The van der Waals surface area contributed by atoms with E-state index in [2.05, 4.69) is 20.3 Å². The van der Waals surface area contributed by atoms with Crippen LogP contribution >= 0.6 is 0 Å². The molecule has 19 nitrogen and oxygen atoms in total. The largest absolute Gasteiger partial charge is 0.387 e. The summed E-state index contributed by atoms with van der Waals surface area (Å²) in [7, 11) is 0. The van der Waals surface area contributed by atoms with E-state index in [4.69, 9.17) is 58.9 Å². The molecule has 0 saturated heterocycles. The van der Waals surface area contributed by atoms with Crippen molar-refractivity contribution >= 4 is 29.4 Å². The average Bonchev–Trinajstić information content (AvgIpc) is 3.43. The van der Waals surface area contributed by atoms with E-state index < -0.39 is 0 Å². The molecule has 0 bridgehead atoms. The number of rotatable bonds is 36. The summed E-state index contributed by atoms with van der Waals surface area (Å²) in [6.45, 7) is 14.0. The van der Waals surface area contributed by atoms with E-state index in [1.165, 1.54) is 5.06 Å². The normalized spacial score (nSPS) is 12.4. The van der Waals surface area contributed by atoms with E-state index in [-0.39, 0.29) is 24.1 Å². The van der Waals surface area contributed by atoms with Gasteiger partial charge in [0, 0.05) is 37.2 Å². The molecule has 1 aromatic heterocycles. The molecular weight excluding hydrogens is 782 g/mol. The molecule has 19 heteroatoms. The Balaban J connectivity index is 1.14. The van der Waals surface area contributed by atoms with Crippen molar-refractivity contribution in [2.24, 2.45) is 16.5 Å². The van der Waals surface area contributed by atoms with Crippen LogP contribution in [0.1, 0.15) is 42.9 Å². The number of carbonyl (C=O) groups is 2. The van der Waals surface area contributed by atoms with Crippen LogP contribution < -0.4 is 21.8 Å². The number of aromatic nitrogens is 2. The van der Waals surface area contributed by atoms with Gasteiger partial charge in [-0.1, -0.05) is 19.1 Å². The predicted molar refractivity (Wildman–Crippen MR) is 222 cm³/mol. The lowest BCUT2D eigenvalue weighted by Gasteiger charge is -2.21. The third-order valence-corrected chi connectivity index (χ3v) is 8.22. The van der Waals surface area contributed by atoms with Crippen LogP contribution in [-0.2, 0) is 52.3 Å². The van der Waals surface area contributed by atoms with Crippen molar-refractivity contribution in [3.63, 3.8) is 0 Å². The number of carbonyl (C=O) groups excluding carboxylic acids is 2. The van der Waals surface area contributed by atoms with Crippen molar-refractivity contribution in [3.05, 3.63) is 47.6 Å². The monoisotopic (exact) mass is 848 g/mol. The van der Waals surface area contributed by atoms with Gasteiger partial charge >= 0.3 is 11.7 Å². The van der Waals surface area contributed by atoms with E-state index in [0.29, 0.717) is 162 Å². The number of nitrogens with two attached hydrogens (primary N) is 2. The molecular formula is C41H66N7O12+. The molecule has 1 aliphatic heterocycles. The van der Waals surface area contributed by atoms with Crippen LogP contribution in [0, 0.1) is 0 Å². The first-order valence-corrected chi connectivity index (χ1v) is 20.6. The smallest absolute Gasteiger partial charge is 0.386 e. The first-order valence-electron chi connectivity index (χ1n) is 20.6. The van der Waals surface area contributed by atoms with E-state index in [1.807, 2.05) is 32.0 Å². The second kappa shape index (κ2) is 32.7. The molecule has 0 fully saturated rings. The first-order chi connectivity index (χ1) is 29.5. The summed E-state index contributed by atoms with van der Waals surface area (Å²) in [5.74, 6) is -0.0985. The maximum Gasteiger partial charge on any atom is 0.386 e. The molecule has 0 saturated carbocycles. The number of nitrogens with zero attached hydrogens (tertiary/aromatic N) is 3. The molecule has 6 N–H and O–H groups in total. The number of hydroxylamine groups is 2. The first kappa shape index (κ1) is 50.4. The highest BCUT2D eigenvalue weighted by Crippen LogP contribution is 2.31. The van der Waals surface area contributed by atoms with E-state index in [0.717, 1.165) is 23.1 Å². The van der Waals surface area contributed by atoms with Gasteiger partial charge < -0.3 is 59.4 Å². The summed E-state index contributed by atoms with van der Waals surface area (Å²) in [4.78, 5) is 43.2. The SMILES string of the molecule is CCCN(OCC)C(=O)C1=Cc2ccc(-c3cnc(C(=O)NCCOCCOCCOCCOCCOCCOCCOCCOCCOCCN)[nH+]c3)cc2N=C(N)C1. The Morgan fingerprint density at radius 1 is 0.733 bits per heavy atom. The standard InChI is InChI=1S/C41H65N7O12/c1-3-9-48(60-4-2)41(50)35-28-34-6-5-33(29-37(34)47-38(43)30-35)36-31-45-39(46-32-36)40(49)44-8-11-52-13-15-54-17-19-56-21-23-58-25-27-59-26-24-57-22-20-55-18-16-53-14-12-51-10-7-42/h5-6,28-29,31-32H,3-4,7-27,30,42H2,1-2H3,(H2,43,47)(H,44,49)/p+1. The van der Waals surface area contributed by atoms with Crippen molar-refractivity contribution in [2.45, 2.75) is 26.7 Å². The van der Waals surface area contributed by atoms with Crippen LogP contribution in [0.2, 0.25) is 0 Å². The Bertz CT molecular complexity index is 1530. The lowest BCUT2D eigenvalue weighted by atomic mass is 10.0. The second-order valence-corrected chi connectivity index (χ2v) is 13.0. The summed E-state index contributed by atoms with van der Waals surface area (Å²) < 4.78 is 49.0. The zero-order chi connectivity index (χ0) is 42.9. The van der Waals surface area contributed by atoms with Gasteiger partial charge in [0.15, 0.2) is 6.20 Å². The van der Waals surface area contributed by atoms with Gasteiger partial charge in [-0.25, -0.2) is 15.0 Å². The van der Waals surface area contributed by atoms with Crippen LogP contribution in [-0.4, -0.2) is 173 Å². The summed E-state index contributed by atoms with van der Waals surface area (Å²) >= 11 is 0. The van der Waals surface area contributed by atoms with Crippen LogP contribution in [0.25, 0.3) is 17.2 Å². The fraction of sp³-hybridized carbons (Fsp3) is 0.634. The molecule has 336 valence electrons. The number of fused-ring (bicyclic) bond motifs is 1. The van der Waals surface area contributed by atoms with Crippen LogP contribution in [0.3, 0.4) is 0 Å². The Labute approximate surface area is 353 Å². The van der Waals surface area contributed by atoms with Gasteiger partial charge in [0.25, 0.3) is 5.91 Å². The van der Waals surface area contributed by atoms with E-state index >= 15 is 0 Å². The number of amidine groups is 1. The summed E-state index contributed by atoms with van der Waals surface area (Å²) in [5, 5.41) is 4.16. The van der Waals surface area contributed by atoms with Gasteiger partial charge in [-0.3, -0.25) is 14.4 Å². The van der Waals surface area contributed by atoms with E-state index in [1.54, 1.807) is 18.5 Å². The minimum Gasteiger partial charge on any atom is -0.387 e. The minimum absolute atomic E-state index is 0.161. The number of aliphatic imine (C=N–C) groups is 1. The molecule has 0 atom stereocenters. The van der Waals surface area contributed by atoms with E-state index in [9.17, 15) is 9.59 Å². The molecule has 0 unspecified atom stereocenters. The number of hydrogen-bond donors (Lipinski definition) is 3. The van der Waals surface area contributed by atoms with Crippen molar-refractivity contribution in [2.75, 3.05) is 145 Å². The topological polar surface area (TPSA) is 233 Å². The van der Waals surface area contributed by atoms with Crippen molar-refractivity contribution < 1.29 is 62.0 Å². The quantitative estimate of drug-likeness (QED) is 0.0649. The predicted octanol–water partition coefficient (Wildman–Crippen LogP) is 1.37. The average molecular weight is 849 g/mol.